The SMILES string of the molecule is CCOC(=O)OC(C)OC(=O)COc1ccc(NC(=O)N2CCN(N3CCC(Cc4ccccc4)CC3)CC2)cc1. The number of piperazine rings is 1. The van der Waals surface area contributed by atoms with Gasteiger partial charge in [0.1, 0.15) is 5.75 Å². The second-order valence-electron chi connectivity index (χ2n) is 10.1. The number of benzene rings is 2. The van der Waals surface area contributed by atoms with E-state index in [1.165, 1.54) is 25.3 Å². The summed E-state index contributed by atoms with van der Waals surface area (Å²) in [5.41, 5.74) is 2.05. The van der Waals surface area contributed by atoms with Crippen LogP contribution in [0.2, 0.25) is 0 Å². The molecule has 0 aliphatic carbocycles. The van der Waals surface area contributed by atoms with Gasteiger partial charge in [-0.3, -0.25) is 0 Å². The van der Waals surface area contributed by atoms with E-state index in [-0.39, 0.29) is 19.2 Å². The number of amides is 2. The number of rotatable bonds is 10. The lowest BCUT2D eigenvalue weighted by Crippen LogP contribution is -2.57. The Labute approximate surface area is 241 Å². The average Bonchev–Trinajstić information content (AvgIpc) is 2.98. The summed E-state index contributed by atoms with van der Waals surface area (Å²) in [5.74, 6) is 0.461. The summed E-state index contributed by atoms with van der Waals surface area (Å²) in [5, 5.41) is 7.78. The van der Waals surface area contributed by atoms with Gasteiger partial charge in [-0.15, -0.1) is 0 Å². The van der Waals surface area contributed by atoms with Crippen LogP contribution in [0.4, 0.5) is 15.3 Å². The van der Waals surface area contributed by atoms with E-state index in [9.17, 15) is 14.4 Å². The highest BCUT2D eigenvalue weighted by Gasteiger charge is 2.28. The minimum Gasteiger partial charge on any atom is -0.482 e. The predicted molar refractivity (Wildman–Crippen MR) is 152 cm³/mol. The Kier molecular flexibility index (Phi) is 11.2. The lowest BCUT2D eigenvalue weighted by atomic mass is 9.91. The molecule has 0 spiro atoms. The third kappa shape index (κ3) is 9.65. The van der Waals surface area contributed by atoms with Gasteiger partial charge in [0.05, 0.1) is 6.61 Å². The molecule has 2 fully saturated rings. The molecule has 222 valence electrons. The van der Waals surface area contributed by atoms with Gasteiger partial charge >= 0.3 is 18.2 Å². The van der Waals surface area contributed by atoms with Gasteiger partial charge in [0.15, 0.2) is 6.61 Å². The molecule has 4 rings (SSSR count). The Hall–Kier alpha value is -3.83. The van der Waals surface area contributed by atoms with Crippen molar-refractivity contribution in [2.24, 2.45) is 5.92 Å². The highest BCUT2D eigenvalue weighted by atomic mass is 16.8. The van der Waals surface area contributed by atoms with E-state index >= 15 is 0 Å². The Morgan fingerprint density at radius 3 is 2.20 bits per heavy atom. The molecule has 1 N–H and O–H groups in total. The summed E-state index contributed by atoms with van der Waals surface area (Å²) in [6.07, 6.45) is 1.53. The van der Waals surface area contributed by atoms with Gasteiger partial charge in [-0.25, -0.2) is 24.4 Å². The van der Waals surface area contributed by atoms with Gasteiger partial charge in [0, 0.05) is 51.9 Å². The molecule has 2 heterocycles. The van der Waals surface area contributed by atoms with Crippen LogP contribution in [0.5, 0.6) is 5.75 Å². The maximum atomic E-state index is 12.8. The molecule has 1 atom stereocenters. The van der Waals surface area contributed by atoms with Crippen LogP contribution in [0.1, 0.15) is 32.3 Å². The van der Waals surface area contributed by atoms with Gasteiger partial charge in [0.25, 0.3) is 0 Å². The monoisotopic (exact) mass is 568 g/mol. The highest BCUT2D eigenvalue weighted by molar-refractivity contribution is 5.89. The first-order valence-electron chi connectivity index (χ1n) is 14.2. The molecule has 2 aromatic rings. The third-order valence-electron chi connectivity index (χ3n) is 7.19. The fourth-order valence-electron chi connectivity index (χ4n) is 5.05. The van der Waals surface area contributed by atoms with Gasteiger partial charge in [-0.2, -0.15) is 0 Å². The number of carbonyl (C=O) groups excluding carboxylic acids is 3. The number of ether oxygens (including phenoxy) is 4. The summed E-state index contributed by atoms with van der Waals surface area (Å²) in [6.45, 7) is 7.94. The molecular weight excluding hydrogens is 528 g/mol. The summed E-state index contributed by atoms with van der Waals surface area (Å²) < 4.78 is 19.8. The molecule has 0 aromatic heterocycles. The molecule has 2 aliphatic rings. The topological polar surface area (TPSA) is 110 Å². The Morgan fingerprint density at radius 1 is 0.878 bits per heavy atom. The van der Waals surface area contributed by atoms with Crippen LogP contribution in [-0.2, 0) is 25.4 Å². The first-order valence-corrected chi connectivity index (χ1v) is 14.2. The maximum absolute atomic E-state index is 12.8. The Morgan fingerprint density at radius 2 is 1.54 bits per heavy atom. The average molecular weight is 569 g/mol. The van der Waals surface area contributed by atoms with Crippen molar-refractivity contribution in [2.75, 3.05) is 57.8 Å². The predicted octanol–water partition coefficient (Wildman–Crippen LogP) is 4.15. The number of nitrogens with one attached hydrogen (secondary N) is 1. The highest BCUT2D eigenvalue weighted by Crippen LogP contribution is 2.23. The van der Waals surface area contributed by atoms with Crippen molar-refractivity contribution >= 4 is 23.8 Å². The second-order valence-corrected chi connectivity index (χ2v) is 10.1. The molecule has 0 saturated carbocycles. The second kappa shape index (κ2) is 15.2. The molecule has 2 amide bonds. The lowest BCUT2D eigenvalue weighted by Gasteiger charge is -2.44. The molecule has 2 aromatic carbocycles. The largest absolute Gasteiger partial charge is 0.511 e. The molecule has 2 saturated heterocycles. The minimum atomic E-state index is -1.10. The number of hydrogen-bond acceptors (Lipinski definition) is 9. The van der Waals surface area contributed by atoms with Gasteiger partial charge in [-0.1, -0.05) is 30.3 Å². The number of hydrazine groups is 1. The number of piperidine rings is 1. The number of hydrogen-bond donors (Lipinski definition) is 1. The first-order chi connectivity index (χ1) is 19.9. The fraction of sp³-hybridized carbons (Fsp3) is 0.500. The Bertz CT molecular complexity index is 1120. The van der Waals surface area contributed by atoms with Gasteiger partial charge in [-0.05, 0) is 61.9 Å². The molecule has 41 heavy (non-hydrogen) atoms. The summed E-state index contributed by atoms with van der Waals surface area (Å²) in [4.78, 5) is 37.8. The molecule has 1 unspecified atom stereocenters. The van der Waals surface area contributed by atoms with Crippen molar-refractivity contribution in [1.29, 1.82) is 0 Å². The third-order valence-corrected chi connectivity index (χ3v) is 7.19. The standard InChI is InChI=1S/C30H40N4O7/c1-3-38-30(37)41-23(2)40-28(35)22-39-27-11-9-26(10-12-27)31-29(36)32-17-19-34(20-18-32)33-15-13-25(14-16-33)21-24-7-5-4-6-8-24/h4-12,23,25H,3,13-22H2,1-2H3,(H,31,36). The van der Waals surface area contributed by atoms with Crippen molar-refractivity contribution in [3.8, 4) is 5.75 Å². The van der Waals surface area contributed by atoms with Crippen LogP contribution >= 0.6 is 0 Å². The van der Waals surface area contributed by atoms with Crippen LogP contribution in [-0.4, -0.2) is 91.8 Å². The Balaban J connectivity index is 1.12. The number of anilines is 1. The number of nitrogens with zero attached hydrogens (tertiary/aromatic N) is 3. The van der Waals surface area contributed by atoms with E-state index in [1.54, 1.807) is 31.2 Å². The zero-order valence-electron chi connectivity index (χ0n) is 23.8. The van der Waals surface area contributed by atoms with Crippen molar-refractivity contribution in [3.63, 3.8) is 0 Å². The fourth-order valence-corrected chi connectivity index (χ4v) is 5.05. The quantitative estimate of drug-likeness (QED) is 0.334. The zero-order valence-corrected chi connectivity index (χ0v) is 23.8. The van der Waals surface area contributed by atoms with Gasteiger partial charge in [0.2, 0.25) is 6.29 Å². The summed E-state index contributed by atoms with van der Waals surface area (Å²) in [6, 6.07) is 17.3. The van der Waals surface area contributed by atoms with E-state index in [0.29, 0.717) is 24.5 Å². The van der Waals surface area contributed by atoms with E-state index in [0.717, 1.165) is 38.5 Å². The summed E-state index contributed by atoms with van der Waals surface area (Å²) in [7, 11) is 0. The van der Waals surface area contributed by atoms with E-state index in [1.807, 2.05) is 4.90 Å². The van der Waals surface area contributed by atoms with Crippen molar-refractivity contribution < 1.29 is 33.3 Å². The van der Waals surface area contributed by atoms with Crippen LogP contribution < -0.4 is 10.1 Å². The van der Waals surface area contributed by atoms with E-state index in [2.05, 4.69) is 50.4 Å². The van der Waals surface area contributed by atoms with Crippen molar-refractivity contribution in [1.82, 2.24) is 14.9 Å². The van der Waals surface area contributed by atoms with Crippen LogP contribution in [0, 0.1) is 5.92 Å². The van der Waals surface area contributed by atoms with Crippen LogP contribution in [0.15, 0.2) is 54.6 Å². The molecule has 0 radical (unpaired) electrons. The number of esters is 1. The minimum absolute atomic E-state index is 0.140. The number of urea groups is 1. The molecular formula is C30H40N4O7. The normalized spacial score (nSPS) is 17.4. The van der Waals surface area contributed by atoms with Gasteiger partial charge < -0.3 is 29.2 Å². The zero-order chi connectivity index (χ0) is 29.0. The first kappa shape index (κ1) is 30.1. The summed E-state index contributed by atoms with van der Waals surface area (Å²) >= 11 is 0. The van der Waals surface area contributed by atoms with Crippen LogP contribution in [0.3, 0.4) is 0 Å². The molecule has 11 nitrogen and oxygen atoms in total. The van der Waals surface area contributed by atoms with E-state index < -0.39 is 18.4 Å². The molecule has 11 heteroatoms. The lowest BCUT2D eigenvalue weighted by molar-refractivity contribution is -0.170. The van der Waals surface area contributed by atoms with E-state index in [4.69, 9.17) is 14.2 Å². The molecule has 0 bridgehead atoms. The van der Waals surface area contributed by atoms with Crippen molar-refractivity contribution in [2.45, 2.75) is 39.4 Å². The van der Waals surface area contributed by atoms with Crippen molar-refractivity contribution in [3.05, 3.63) is 60.2 Å². The number of carbonyl (C=O) groups is 3. The van der Waals surface area contributed by atoms with Crippen LogP contribution in [0.25, 0.3) is 0 Å². The smallest absolute Gasteiger partial charge is 0.482 e. The molecule has 2 aliphatic heterocycles. The maximum Gasteiger partial charge on any atom is 0.511 e.